The van der Waals surface area contributed by atoms with Gasteiger partial charge in [-0.2, -0.15) is 12.6 Å². The summed E-state index contributed by atoms with van der Waals surface area (Å²) in [5.41, 5.74) is 0.768. The Kier molecular flexibility index (Phi) is 3.31. The molecule has 0 atom stereocenters. The van der Waals surface area contributed by atoms with E-state index in [1.54, 1.807) is 7.11 Å². The monoisotopic (exact) mass is 254 g/mol. The van der Waals surface area contributed by atoms with E-state index in [0.29, 0.717) is 10.9 Å². The Bertz CT molecular complexity index is 525. The summed E-state index contributed by atoms with van der Waals surface area (Å²) in [6.07, 6.45) is 0. The Hall–Kier alpha value is -1.27. The largest absolute Gasteiger partial charge is 0.494 e. The number of benzene rings is 1. The third kappa shape index (κ3) is 2.12. The maximum absolute atomic E-state index is 11.2. The van der Waals surface area contributed by atoms with Crippen LogP contribution in [0.5, 0.6) is 5.75 Å². The Morgan fingerprint density at radius 2 is 2.44 bits per heavy atom. The Balaban J connectivity index is 2.39. The summed E-state index contributed by atoms with van der Waals surface area (Å²) >= 11 is 5.30. The van der Waals surface area contributed by atoms with E-state index in [4.69, 9.17) is 4.74 Å². The number of para-hydroxylation sites is 1. The molecule has 2 aromatic rings. The van der Waals surface area contributed by atoms with Gasteiger partial charge in [-0.05, 0) is 12.1 Å². The lowest BCUT2D eigenvalue weighted by atomic mass is 10.3. The average molecular weight is 254 g/mol. The van der Waals surface area contributed by atoms with Crippen molar-refractivity contribution in [2.75, 3.05) is 18.2 Å². The van der Waals surface area contributed by atoms with Crippen LogP contribution in [0.25, 0.3) is 10.2 Å². The molecule has 1 N–H and O–H groups in total. The molecule has 0 fully saturated rings. The van der Waals surface area contributed by atoms with Gasteiger partial charge >= 0.3 is 0 Å². The van der Waals surface area contributed by atoms with E-state index >= 15 is 0 Å². The quantitative estimate of drug-likeness (QED) is 0.825. The molecule has 0 radical (unpaired) electrons. The maximum Gasteiger partial charge on any atom is 0.235 e. The van der Waals surface area contributed by atoms with E-state index in [9.17, 15) is 4.79 Å². The number of hydrogen-bond acceptors (Lipinski definition) is 5. The molecular formula is C10H10N2O2S2. The van der Waals surface area contributed by atoms with Crippen molar-refractivity contribution in [1.82, 2.24) is 4.98 Å². The van der Waals surface area contributed by atoms with E-state index in [1.165, 1.54) is 11.3 Å². The number of ether oxygens (including phenoxy) is 1. The minimum absolute atomic E-state index is 0.146. The van der Waals surface area contributed by atoms with Crippen molar-refractivity contribution in [3.05, 3.63) is 18.2 Å². The van der Waals surface area contributed by atoms with Crippen molar-refractivity contribution in [2.24, 2.45) is 0 Å². The smallest absolute Gasteiger partial charge is 0.235 e. The molecule has 1 aromatic carbocycles. The third-order valence-electron chi connectivity index (χ3n) is 1.99. The lowest BCUT2D eigenvalue weighted by Gasteiger charge is -1.98. The van der Waals surface area contributed by atoms with Crippen molar-refractivity contribution in [3.63, 3.8) is 0 Å². The van der Waals surface area contributed by atoms with Gasteiger partial charge in [0, 0.05) is 0 Å². The van der Waals surface area contributed by atoms with Gasteiger partial charge in [-0.3, -0.25) is 4.79 Å². The van der Waals surface area contributed by atoms with Crippen LogP contribution < -0.4 is 10.1 Å². The first-order chi connectivity index (χ1) is 7.74. The Morgan fingerprint density at radius 3 is 3.12 bits per heavy atom. The highest BCUT2D eigenvalue weighted by atomic mass is 32.1. The van der Waals surface area contributed by atoms with Crippen LogP contribution in [-0.4, -0.2) is 23.8 Å². The summed E-state index contributed by atoms with van der Waals surface area (Å²) in [5.74, 6) is 0.689. The van der Waals surface area contributed by atoms with Crippen LogP contribution in [0.15, 0.2) is 18.2 Å². The highest BCUT2D eigenvalue weighted by Gasteiger charge is 2.09. The van der Waals surface area contributed by atoms with Gasteiger partial charge < -0.3 is 10.1 Å². The standard InChI is InChI=1S/C10H10N2O2S2/c1-14-6-3-2-4-7-9(6)12-10(16-7)11-8(13)5-15/h2-4,15H,5H2,1H3,(H,11,12,13). The van der Waals surface area contributed by atoms with E-state index in [1.807, 2.05) is 18.2 Å². The second-order valence-corrected chi connectivity index (χ2v) is 4.38. The molecule has 84 valence electrons. The summed E-state index contributed by atoms with van der Waals surface area (Å²) in [6.45, 7) is 0. The average Bonchev–Trinajstić information content (AvgIpc) is 2.70. The molecule has 4 nitrogen and oxygen atoms in total. The molecule has 0 aliphatic heterocycles. The van der Waals surface area contributed by atoms with Gasteiger partial charge in [0.05, 0.1) is 17.6 Å². The topological polar surface area (TPSA) is 51.2 Å². The number of aromatic nitrogens is 1. The summed E-state index contributed by atoms with van der Waals surface area (Å²) in [6, 6.07) is 5.67. The van der Waals surface area contributed by atoms with Crippen molar-refractivity contribution in [2.45, 2.75) is 0 Å². The molecular weight excluding hydrogens is 244 g/mol. The van der Waals surface area contributed by atoms with Crippen LogP contribution >= 0.6 is 24.0 Å². The van der Waals surface area contributed by atoms with Crippen LogP contribution in [0.1, 0.15) is 0 Å². The zero-order valence-electron chi connectivity index (χ0n) is 8.56. The van der Waals surface area contributed by atoms with Gasteiger partial charge in [0.15, 0.2) is 5.13 Å². The zero-order valence-corrected chi connectivity index (χ0v) is 10.3. The van der Waals surface area contributed by atoms with Gasteiger partial charge in [-0.25, -0.2) is 4.98 Å². The lowest BCUT2D eigenvalue weighted by Crippen LogP contribution is -2.12. The van der Waals surface area contributed by atoms with Gasteiger partial charge in [0.1, 0.15) is 11.3 Å². The predicted molar refractivity (Wildman–Crippen MR) is 68.7 cm³/mol. The van der Waals surface area contributed by atoms with E-state index in [-0.39, 0.29) is 11.7 Å². The Labute approximate surface area is 102 Å². The first-order valence-electron chi connectivity index (χ1n) is 4.59. The molecule has 0 aliphatic rings. The predicted octanol–water partition coefficient (Wildman–Crippen LogP) is 2.17. The van der Waals surface area contributed by atoms with Crippen molar-refractivity contribution in [1.29, 1.82) is 0 Å². The highest BCUT2D eigenvalue weighted by Crippen LogP contribution is 2.31. The second-order valence-electron chi connectivity index (χ2n) is 3.03. The van der Waals surface area contributed by atoms with Crippen molar-refractivity contribution >= 4 is 45.2 Å². The van der Waals surface area contributed by atoms with Crippen molar-refractivity contribution < 1.29 is 9.53 Å². The molecule has 0 saturated heterocycles. The molecule has 0 spiro atoms. The Morgan fingerprint density at radius 1 is 1.62 bits per heavy atom. The van der Waals surface area contributed by atoms with Gasteiger partial charge in [0.25, 0.3) is 0 Å². The fourth-order valence-corrected chi connectivity index (χ4v) is 2.28. The van der Waals surface area contributed by atoms with Crippen molar-refractivity contribution in [3.8, 4) is 5.75 Å². The van der Waals surface area contributed by atoms with Gasteiger partial charge in [-0.15, -0.1) is 0 Å². The molecule has 1 aromatic heterocycles. The number of methoxy groups -OCH3 is 1. The maximum atomic E-state index is 11.2. The van der Waals surface area contributed by atoms with Gasteiger partial charge in [-0.1, -0.05) is 17.4 Å². The molecule has 0 bridgehead atoms. The number of thiazole rings is 1. The summed E-state index contributed by atoms with van der Waals surface area (Å²) in [5, 5.41) is 3.24. The number of nitrogens with one attached hydrogen (secondary N) is 1. The number of fused-ring (bicyclic) bond motifs is 1. The van der Waals surface area contributed by atoms with Gasteiger partial charge in [0.2, 0.25) is 5.91 Å². The molecule has 0 saturated carbocycles. The molecule has 1 amide bonds. The van der Waals surface area contributed by atoms with Crippen LogP contribution in [-0.2, 0) is 4.79 Å². The first-order valence-corrected chi connectivity index (χ1v) is 6.03. The summed E-state index contributed by atoms with van der Waals surface area (Å²) in [4.78, 5) is 15.5. The molecule has 16 heavy (non-hydrogen) atoms. The first kappa shape index (κ1) is 11.2. The number of anilines is 1. The minimum Gasteiger partial charge on any atom is -0.494 e. The van der Waals surface area contributed by atoms with E-state index in [0.717, 1.165) is 10.2 Å². The second kappa shape index (κ2) is 4.71. The number of amides is 1. The van der Waals surface area contributed by atoms with Crippen LogP contribution in [0.2, 0.25) is 0 Å². The van der Waals surface area contributed by atoms with E-state index in [2.05, 4.69) is 22.9 Å². The number of hydrogen-bond donors (Lipinski definition) is 2. The number of nitrogens with zero attached hydrogens (tertiary/aromatic N) is 1. The van der Waals surface area contributed by atoms with E-state index < -0.39 is 0 Å². The number of carbonyl (C=O) groups is 1. The number of carbonyl (C=O) groups excluding carboxylic acids is 1. The fraction of sp³-hybridized carbons (Fsp3) is 0.200. The number of thiol groups is 1. The normalized spacial score (nSPS) is 10.4. The van der Waals surface area contributed by atoms with Crippen LogP contribution in [0, 0.1) is 0 Å². The number of rotatable bonds is 3. The molecule has 0 aliphatic carbocycles. The van der Waals surface area contributed by atoms with Crippen LogP contribution in [0.4, 0.5) is 5.13 Å². The molecule has 6 heteroatoms. The lowest BCUT2D eigenvalue weighted by molar-refractivity contribution is -0.113. The highest BCUT2D eigenvalue weighted by molar-refractivity contribution is 7.81. The fourth-order valence-electron chi connectivity index (χ4n) is 1.30. The zero-order chi connectivity index (χ0) is 11.5. The molecule has 2 rings (SSSR count). The third-order valence-corrected chi connectivity index (χ3v) is 3.22. The SMILES string of the molecule is COc1cccc2sc(NC(=O)CS)nc12. The molecule has 0 unspecified atom stereocenters. The summed E-state index contributed by atoms with van der Waals surface area (Å²) < 4.78 is 6.17. The summed E-state index contributed by atoms with van der Waals surface area (Å²) in [7, 11) is 1.60. The minimum atomic E-state index is -0.165. The van der Waals surface area contributed by atoms with Crippen LogP contribution in [0.3, 0.4) is 0 Å². The molecule has 1 heterocycles.